The summed E-state index contributed by atoms with van der Waals surface area (Å²) in [6, 6.07) is 6.96. The maximum absolute atomic E-state index is 13.2. The van der Waals surface area contributed by atoms with E-state index in [1.807, 2.05) is 0 Å². The fourth-order valence-electron chi connectivity index (χ4n) is 3.92. The van der Waals surface area contributed by atoms with Crippen molar-refractivity contribution in [2.75, 3.05) is 12.4 Å². The normalized spacial score (nSPS) is 20.9. The van der Waals surface area contributed by atoms with Crippen LogP contribution in [0.5, 0.6) is 0 Å². The third kappa shape index (κ3) is 3.27. The van der Waals surface area contributed by atoms with Crippen molar-refractivity contribution in [3.05, 3.63) is 58.9 Å². The highest BCUT2D eigenvalue weighted by atomic mass is 19.4. The number of alkyl halides is 3. The molecule has 0 fully saturated rings. The Hall–Kier alpha value is -3.43. The predicted molar refractivity (Wildman–Crippen MR) is 103 cm³/mol. The molecule has 2 aliphatic rings. The molecular formula is C20H18F3N5O2. The number of fused-ring (bicyclic) bond motifs is 2. The molecule has 1 aliphatic heterocycles. The van der Waals surface area contributed by atoms with Crippen molar-refractivity contribution in [1.29, 1.82) is 0 Å². The molecule has 0 saturated carbocycles. The Kier molecular flexibility index (Phi) is 4.52. The first kappa shape index (κ1) is 19.9. The van der Waals surface area contributed by atoms with Crippen molar-refractivity contribution < 1.29 is 22.8 Å². The number of nitrogens with zero attached hydrogens (tertiary/aromatic N) is 3. The fraction of sp³-hybridized carbons (Fsp3) is 0.300. The predicted octanol–water partition coefficient (Wildman–Crippen LogP) is 2.67. The zero-order valence-electron chi connectivity index (χ0n) is 16.0. The zero-order chi connectivity index (χ0) is 21.7. The van der Waals surface area contributed by atoms with Crippen molar-refractivity contribution in [3.63, 3.8) is 0 Å². The lowest BCUT2D eigenvalue weighted by Crippen LogP contribution is -2.47. The lowest BCUT2D eigenvalue weighted by molar-refractivity contribution is -0.138. The minimum absolute atomic E-state index is 0.108. The van der Waals surface area contributed by atoms with Crippen molar-refractivity contribution in [2.24, 2.45) is 10.7 Å². The number of benzene rings is 1. The maximum atomic E-state index is 13.2. The van der Waals surface area contributed by atoms with Crippen LogP contribution in [0.4, 0.5) is 18.9 Å². The number of aromatic nitrogens is 1. The molecule has 1 unspecified atom stereocenters. The average Bonchev–Trinajstić information content (AvgIpc) is 3.03. The summed E-state index contributed by atoms with van der Waals surface area (Å²) >= 11 is 0. The number of aliphatic imine (C=N–C) groups is 1. The van der Waals surface area contributed by atoms with Gasteiger partial charge in [0.2, 0.25) is 5.91 Å². The van der Waals surface area contributed by atoms with Crippen LogP contribution in [0, 0.1) is 0 Å². The van der Waals surface area contributed by atoms with Crippen molar-refractivity contribution in [1.82, 2.24) is 9.88 Å². The minimum Gasteiger partial charge on any atom is -0.369 e. The summed E-state index contributed by atoms with van der Waals surface area (Å²) < 4.78 is 39.6. The molecular weight excluding hydrogens is 399 g/mol. The summed E-state index contributed by atoms with van der Waals surface area (Å²) in [5, 5.41) is 2.48. The van der Waals surface area contributed by atoms with Crippen LogP contribution in [0.15, 0.2) is 41.5 Å². The number of guanidine groups is 1. The molecule has 2 amide bonds. The zero-order valence-corrected chi connectivity index (χ0v) is 16.0. The Bertz CT molecular complexity index is 1080. The van der Waals surface area contributed by atoms with Crippen LogP contribution in [-0.2, 0) is 22.9 Å². The molecule has 2 aromatic rings. The van der Waals surface area contributed by atoms with E-state index in [1.165, 1.54) is 4.90 Å². The number of nitrogens with two attached hydrogens (primary N) is 1. The maximum Gasteiger partial charge on any atom is 0.418 e. The van der Waals surface area contributed by atoms with Gasteiger partial charge in [-0.1, -0.05) is 6.07 Å². The third-order valence-corrected chi connectivity index (χ3v) is 5.50. The van der Waals surface area contributed by atoms with E-state index in [9.17, 15) is 22.8 Å². The Balaban J connectivity index is 1.67. The first-order valence-corrected chi connectivity index (χ1v) is 9.19. The number of nitrogens with one attached hydrogen (secondary N) is 1. The Labute approximate surface area is 169 Å². The highest BCUT2D eigenvalue weighted by Gasteiger charge is 2.44. The molecule has 2 heterocycles. The van der Waals surface area contributed by atoms with Gasteiger partial charge in [0.05, 0.1) is 17.5 Å². The molecule has 156 valence electrons. The van der Waals surface area contributed by atoms with Gasteiger partial charge in [-0.25, -0.2) is 4.99 Å². The molecule has 0 saturated heterocycles. The lowest BCUT2D eigenvalue weighted by atomic mass is 9.87. The van der Waals surface area contributed by atoms with Gasteiger partial charge in [0.1, 0.15) is 5.69 Å². The van der Waals surface area contributed by atoms with Gasteiger partial charge in [-0.2, -0.15) is 13.2 Å². The molecule has 1 atom stereocenters. The molecule has 4 rings (SSSR count). The van der Waals surface area contributed by atoms with Crippen molar-refractivity contribution in [3.8, 4) is 0 Å². The summed E-state index contributed by atoms with van der Waals surface area (Å²) in [4.78, 5) is 34.3. The van der Waals surface area contributed by atoms with Crippen LogP contribution in [-0.4, -0.2) is 34.7 Å². The fourth-order valence-corrected chi connectivity index (χ4v) is 3.92. The number of amides is 2. The van der Waals surface area contributed by atoms with Crippen LogP contribution < -0.4 is 11.1 Å². The van der Waals surface area contributed by atoms with Gasteiger partial charge in [-0.05, 0) is 48.2 Å². The second-order valence-electron chi connectivity index (χ2n) is 7.35. The van der Waals surface area contributed by atoms with Gasteiger partial charge in [0.25, 0.3) is 5.91 Å². The van der Waals surface area contributed by atoms with Gasteiger partial charge in [0, 0.05) is 18.9 Å². The first-order chi connectivity index (χ1) is 14.1. The minimum atomic E-state index is -4.70. The lowest BCUT2D eigenvalue weighted by Gasteiger charge is -2.34. The number of pyridine rings is 1. The molecule has 30 heavy (non-hydrogen) atoms. The number of halogens is 3. The summed E-state index contributed by atoms with van der Waals surface area (Å²) in [5.41, 5.74) is 5.23. The molecule has 1 spiro atoms. The van der Waals surface area contributed by atoms with Crippen molar-refractivity contribution >= 4 is 23.5 Å². The Morgan fingerprint density at radius 2 is 2.07 bits per heavy atom. The highest BCUT2D eigenvalue weighted by molar-refractivity contribution is 6.04. The number of rotatable bonds is 2. The van der Waals surface area contributed by atoms with Crippen LogP contribution in [0.3, 0.4) is 0 Å². The van der Waals surface area contributed by atoms with Gasteiger partial charge < -0.3 is 11.1 Å². The van der Waals surface area contributed by atoms with Gasteiger partial charge >= 0.3 is 6.18 Å². The Morgan fingerprint density at radius 3 is 2.77 bits per heavy atom. The molecule has 1 aromatic heterocycles. The van der Waals surface area contributed by atoms with E-state index < -0.39 is 28.9 Å². The van der Waals surface area contributed by atoms with Crippen LogP contribution >= 0.6 is 0 Å². The summed E-state index contributed by atoms with van der Waals surface area (Å²) in [6.45, 7) is 0. The van der Waals surface area contributed by atoms with E-state index in [0.717, 1.165) is 29.5 Å². The number of hydrogen-bond acceptors (Lipinski definition) is 5. The second kappa shape index (κ2) is 6.82. The molecule has 1 aliphatic carbocycles. The number of carbonyl (C=O) groups excluding carboxylic acids is 2. The standard InChI is InChI=1S/C20H18F3N5O2/c1-28-15(29)10-19(27-18(28)24)7-6-11-4-5-12(9-14(11)19)26-17(30)16-13(20(21,22)23)3-2-8-25-16/h2-5,8-9H,6-7,10H2,1H3,(H2,24,27)(H,26,30). The van der Waals surface area contributed by atoms with Crippen molar-refractivity contribution in [2.45, 2.75) is 31.0 Å². The molecule has 10 heteroatoms. The molecule has 0 bridgehead atoms. The topological polar surface area (TPSA) is 101 Å². The number of hydrogen-bond donors (Lipinski definition) is 2. The smallest absolute Gasteiger partial charge is 0.369 e. The van der Waals surface area contributed by atoms with Crippen LogP contribution in [0.1, 0.15) is 40.0 Å². The Morgan fingerprint density at radius 1 is 1.30 bits per heavy atom. The van der Waals surface area contributed by atoms with E-state index in [4.69, 9.17) is 5.73 Å². The molecule has 7 nitrogen and oxygen atoms in total. The van der Waals surface area contributed by atoms with E-state index in [1.54, 1.807) is 25.2 Å². The molecule has 0 radical (unpaired) electrons. The quantitative estimate of drug-likeness (QED) is 0.785. The number of carbonyl (C=O) groups is 2. The van der Waals surface area contributed by atoms with E-state index >= 15 is 0 Å². The molecule has 1 aromatic carbocycles. The summed E-state index contributed by atoms with van der Waals surface area (Å²) in [6.07, 6.45) is -2.19. The number of aryl methyl sites for hydroxylation is 1. The first-order valence-electron chi connectivity index (χ1n) is 9.19. The van der Waals surface area contributed by atoms with E-state index in [0.29, 0.717) is 18.5 Å². The highest BCUT2D eigenvalue weighted by Crippen LogP contribution is 2.45. The van der Waals surface area contributed by atoms with Gasteiger partial charge in [0.15, 0.2) is 5.96 Å². The second-order valence-corrected chi connectivity index (χ2v) is 7.35. The summed E-state index contributed by atoms with van der Waals surface area (Å²) in [7, 11) is 1.55. The van der Waals surface area contributed by atoms with Gasteiger partial charge in [-0.3, -0.25) is 19.5 Å². The van der Waals surface area contributed by atoms with Crippen LogP contribution in [0.2, 0.25) is 0 Å². The third-order valence-electron chi connectivity index (χ3n) is 5.50. The average molecular weight is 417 g/mol. The SMILES string of the molecule is CN1C(=O)CC2(CCc3ccc(NC(=O)c4ncccc4C(F)(F)F)cc32)N=C1N. The monoisotopic (exact) mass is 417 g/mol. The van der Waals surface area contributed by atoms with E-state index in [2.05, 4.69) is 15.3 Å². The van der Waals surface area contributed by atoms with E-state index in [-0.39, 0.29) is 18.3 Å². The number of anilines is 1. The van der Waals surface area contributed by atoms with Gasteiger partial charge in [-0.15, -0.1) is 0 Å². The summed E-state index contributed by atoms with van der Waals surface area (Å²) in [5.74, 6) is -1.04. The molecule has 3 N–H and O–H groups in total. The largest absolute Gasteiger partial charge is 0.418 e. The van der Waals surface area contributed by atoms with Crippen LogP contribution in [0.25, 0.3) is 0 Å².